The maximum atomic E-state index is 12.8. The van der Waals surface area contributed by atoms with Gasteiger partial charge in [0, 0.05) is 31.7 Å². The van der Waals surface area contributed by atoms with E-state index in [2.05, 4.69) is 10.3 Å². The van der Waals surface area contributed by atoms with Crippen molar-refractivity contribution in [3.8, 4) is 5.75 Å². The van der Waals surface area contributed by atoms with Crippen LogP contribution in [0.4, 0.5) is 5.69 Å². The zero-order valence-corrected chi connectivity index (χ0v) is 15.1. The monoisotopic (exact) mass is 353 g/mol. The molecule has 6 heteroatoms. The van der Waals surface area contributed by atoms with Crippen molar-refractivity contribution >= 4 is 17.5 Å². The normalized spacial score (nSPS) is 14.4. The first-order valence-electron chi connectivity index (χ1n) is 8.65. The summed E-state index contributed by atoms with van der Waals surface area (Å²) in [5.41, 5.74) is 0.855. The summed E-state index contributed by atoms with van der Waals surface area (Å²) < 4.78 is 5.11. The number of nitrogens with one attached hydrogen (secondary N) is 1. The SMILES string of the molecule is COc1ccc(NC(=O)C2(C(=O)N(C)CCc3ccncc3)CC2)cc1. The number of methoxy groups -OCH3 is 1. The highest BCUT2D eigenvalue weighted by molar-refractivity contribution is 6.12. The third kappa shape index (κ3) is 3.85. The minimum Gasteiger partial charge on any atom is -0.497 e. The number of rotatable bonds is 7. The smallest absolute Gasteiger partial charge is 0.240 e. The zero-order chi connectivity index (χ0) is 18.6. The Morgan fingerprint density at radius 2 is 1.81 bits per heavy atom. The molecule has 0 bridgehead atoms. The summed E-state index contributed by atoms with van der Waals surface area (Å²) in [5.74, 6) is 0.372. The van der Waals surface area contributed by atoms with E-state index in [0.29, 0.717) is 25.1 Å². The van der Waals surface area contributed by atoms with Gasteiger partial charge in [-0.2, -0.15) is 0 Å². The molecule has 0 saturated heterocycles. The van der Waals surface area contributed by atoms with Crippen molar-refractivity contribution in [3.63, 3.8) is 0 Å². The molecule has 2 amide bonds. The van der Waals surface area contributed by atoms with Crippen LogP contribution in [0.3, 0.4) is 0 Å². The highest BCUT2D eigenvalue weighted by Crippen LogP contribution is 2.48. The minimum absolute atomic E-state index is 0.113. The van der Waals surface area contributed by atoms with Crippen molar-refractivity contribution in [2.75, 3.05) is 26.0 Å². The number of hydrogen-bond acceptors (Lipinski definition) is 4. The fourth-order valence-corrected chi connectivity index (χ4v) is 2.90. The van der Waals surface area contributed by atoms with Gasteiger partial charge in [-0.15, -0.1) is 0 Å². The highest BCUT2D eigenvalue weighted by Gasteiger charge is 2.57. The number of pyridine rings is 1. The maximum Gasteiger partial charge on any atom is 0.240 e. The van der Waals surface area contributed by atoms with E-state index >= 15 is 0 Å². The lowest BCUT2D eigenvalue weighted by atomic mass is 10.0. The lowest BCUT2D eigenvalue weighted by molar-refractivity contribution is -0.141. The molecule has 1 fully saturated rings. The number of ether oxygens (including phenoxy) is 1. The standard InChI is InChI=1S/C20H23N3O3/c1-23(14-9-15-7-12-21-13-8-15)19(25)20(10-11-20)18(24)22-16-3-5-17(26-2)6-4-16/h3-8,12-13H,9-11,14H2,1-2H3,(H,22,24). The van der Waals surface area contributed by atoms with E-state index in [-0.39, 0.29) is 11.8 Å². The molecule has 3 rings (SSSR count). The lowest BCUT2D eigenvalue weighted by Crippen LogP contribution is -2.41. The van der Waals surface area contributed by atoms with Gasteiger partial charge in [0.15, 0.2) is 0 Å². The molecule has 1 aromatic carbocycles. The van der Waals surface area contributed by atoms with Crippen LogP contribution in [0.1, 0.15) is 18.4 Å². The number of likely N-dealkylation sites (N-methyl/N-ethyl adjacent to an activating group) is 1. The van der Waals surface area contributed by atoms with Crippen LogP contribution in [-0.2, 0) is 16.0 Å². The van der Waals surface area contributed by atoms with Crippen LogP contribution in [0.15, 0.2) is 48.8 Å². The van der Waals surface area contributed by atoms with E-state index in [9.17, 15) is 9.59 Å². The van der Waals surface area contributed by atoms with Gasteiger partial charge in [-0.3, -0.25) is 14.6 Å². The van der Waals surface area contributed by atoms with Crippen molar-refractivity contribution in [1.29, 1.82) is 0 Å². The number of hydrogen-bond donors (Lipinski definition) is 1. The van der Waals surface area contributed by atoms with Gasteiger partial charge in [0.1, 0.15) is 11.2 Å². The molecule has 0 spiro atoms. The molecule has 6 nitrogen and oxygen atoms in total. The number of amides is 2. The summed E-state index contributed by atoms with van der Waals surface area (Å²) in [6.07, 6.45) is 5.39. The van der Waals surface area contributed by atoms with Crippen molar-refractivity contribution in [2.24, 2.45) is 5.41 Å². The number of nitrogens with zero attached hydrogens (tertiary/aromatic N) is 2. The van der Waals surface area contributed by atoms with E-state index in [1.807, 2.05) is 12.1 Å². The average Bonchev–Trinajstić information content (AvgIpc) is 3.49. The molecule has 0 radical (unpaired) electrons. The van der Waals surface area contributed by atoms with E-state index in [1.165, 1.54) is 0 Å². The van der Waals surface area contributed by atoms with Gasteiger partial charge in [0.05, 0.1) is 7.11 Å². The second kappa shape index (κ2) is 7.56. The van der Waals surface area contributed by atoms with Gasteiger partial charge in [0.2, 0.25) is 11.8 Å². The summed E-state index contributed by atoms with van der Waals surface area (Å²) >= 11 is 0. The van der Waals surface area contributed by atoms with Crippen LogP contribution in [0.5, 0.6) is 5.75 Å². The van der Waals surface area contributed by atoms with E-state index in [1.54, 1.807) is 55.7 Å². The molecule has 0 unspecified atom stereocenters. The summed E-state index contributed by atoms with van der Waals surface area (Å²) in [6, 6.07) is 11.0. The van der Waals surface area contributed by atoms with Gasteiger partial charge >= 0.3 is 0 Å². The largest absolute Gasteiger partial charge is 0.497 e. The van der Waals surface area contributed by atoms with Crippen LogP contribution < -0.4 is 10.1 Å². The fourth-order valence-electron chi connectivity index (χ4n) is 2.90. The Hall–Kier alpha value is -2.89. The van der Waals surface area contributed by atoms with Crippen LogP contribution >= 0.6 is 0 Å². The maximum absolute atomic E-state index is 12.8. The lowest BCUT2D eigenvalue weighted by Gasteiger charge is -2.23. The molecule has 1 aliphatic carbocycles. The average molecular weight is 353 g/mol. The number of anilines is 1. The fraction of sp³-hybridized carbons (Fsp3) is 0.350. The van der Waals surface area contributed by atoms with Gasteiger partial charge in [-0.1, -0.05) is 0 Å². The molecule has 0 atom stereocenters. The molecule has 1 heterocycles. The highest BCUT2D eigenvalue weighted by atomic mass is 16.5. The quantitative estimate of drug-likeness (QED) is 0.777. The molecule has 26 heavy (non-hydrogen) atoms. The van der Waals surface area contributed by atoms with Crippen LogP contribution in [0.25, 0.3) is 0 Å². The molecular weight excluding hydrogens is 330 g/mol. The summed E-state index contributed by atoms with van der Waals surface area (Å²) in [5, 5.41) is 2.86. The van der Waals surface area contributed by atoms with Crippen molar-refractivity contribution in [2.45, 2.75) is 19.3 Å². The Balaban J connectivity index is 1.59. The minimum atomic E-state index is -0.924. The molecule has 1 N–H and O–H groups in total. The Morgan fingerprint density at radius 3 is 2.38 bits per heavy atom. The second-order valence-electron chi connectivity index (χ2n) is 6.60. The first-order chi connectivity index (χ1) is 12.5. The van der Waals surface area contributed by atoms with Crippen molar-refractivity contribution in [3.05, 3.63) is 54.4 Å². The first kappa shape index (κ1) is 17.9. The predicted octanol–water partition coefficient (Wildman–Crippen LogP) is 2.51. The van der Waals surface area contributed by atoms with Gasteiger partial charge in [-0.05, 0) is 61.2 Å². The van der Waals surface area contributed by atoms with Gasteiger partial charge < -0.3 is 15.0 Å². The first-order valence-corrected chi connectivity index (χ1v) is 8.65. The summed E-state index contributed by atoms with van der Waals surface area (Å²) in [7, 11) is 3.34. The number of carbonyl (C=O) groups is 2. The van der Waals surface area contributed by atoms with Gasteiger partial charge in [-0.25, -0.2) is 0 Å². The van der Waals surface area contributed by atoms with Crippen molar-refractivity contribution in [1.82, 2.24) is 9.88 Å². The third-order valence-corrected chi connectivity index (χ3v) is 4.77. The molecule has 1 saturated carbocycles. The molecule has 1 aromatic heterocycles. The Kier molecular flexibility index (Phi) is 5.21. The Morgan fingerprint density at radius 1 is 1.15 bits per heavy atom. The van der Waals surface area contributed by atoms with E-state index < -0.39 is 5.41 Å². The molecular formula is C20H23N3O3. The number of carbonyl (C=O) groups excluding carboxylic acids is 2. The second-order valence-corrected chi connectivity index (χ2v) is 6.60. The zero-order valence-electron chi connectivity index (χ0n) is 15.1. The number of benzene rings is 1. The summed E-state index contributed by atoms with van der Waals surface area (Å²) in [6.45, 7) is 0.570. The Labute approximate surface area is 153 Å². The number of aromatic nitrogens is 1. The molecule has 136 valence electrons. The van der Waals surface area contributed by atoms with Crippen molar-refractivity contribution < 1.29 is 14.3 Å². The van der Waals surface area contributed by atoms with Crippen LogP contribution in [0, 0.1) is 5.41 Å². The Bertz CT molecular complexity index is 771. The molecule has 2 aromatic rings. The van der Waals surface area contributed by atoms with Crippen LogP contribution in [0.2, 0.25) is 0 Å². The van der Waals surface area contributed by atoms with Gasteiger partial charge in [0.25, 0.3) is 0 Å². The molecule has 0 aliphatic heterocycles. The van der Waals surface area contributed by atoms with E-state index in [0.717, 1.165) is 17.7 Å². The predicted molar refractivity (Wildman–Crippen MR) is 98.9 cm³/mol. The van der Waals surface area contributed by atoms with Crippen LogP contribution in [-0.4, -0.2) is 42.4 Å². The summed E-state index contributed by atoms with van der Waals surface area (Å²) in [4.78, 5) is 31.1. The molecule has 1 aliphatic rings. The topological polar surface area (TPSA) is 71.5 Å². The van der Waals surface area contributed by atoms with E-state index in [4.69, 9.17) is 4.74 Å². The third-order valence-electron chi connectivity index (χ3n) is 4.77.